The predicted molar refractivity (Wildman–Crippen MR) is 140 cm³/mol. The van der Waals surface area contributed by atoms with Crippen molar-refractivity contribution in [3.63, 3.8) is 0 Å². The Labute approximate surface area is 213 Å². The van der Waals surface area contributed by atoms with Crippen LogP contribution in [-0.2, 0) is 17.8 Å². The molecule has 5 rings (SSSR count). The first-order valence-electron chi connectivity index (χ1n) is 12.7. The Kier molecular flexibility index (Phi) is 7.47. The van der Waals surface area contributed by atoms with Crippen molar-refractivity contribution < 1.29 is 13.9 Å². The van der Waals surface area contributed by atoms with Crippen LogP contribution in [0.15, 0.2) is 91.0 Å². The predicted octanol–water partition coefficient (Wildman–Crippen LogP) is 5.80. The van der Waals surface area contributed by atoms with Crippen molar-refractivity contribution in [1.82, 2.24) is 9.80 Å². The number of rotatable bonds is 8. The highest BCUT2D eigenvalue weighted by Crippen LogP contribution is 2.34. The Morgan fingerprint density at radius 2 is 1.64 bits per heavy atom. The first-order chi connectivity index (χ1) is 17.6. The van der Waals surface area contributed by atoms with E-state index in [0.29, 0.717) is 18.9 Å². The van der Waals surface area contributed by atoms with Crippen LogP contribution in [0.1, 0.15) is 35.6 Å². The van der Waals surface area contributed by atoms with Crippen LogP contribution in [0, 0.1) is 11.7 Å². The molecule has 1 heterocycles. The van der Waals surface area contributed by atoms with Crippen LogP contribution < -0.4 is 4.74 Å². The van der Waals surface area contributed by atoms with Crippen molar-refractivity contribution in [2.24, 2.45) is 5.92 Å². The van der Waals surface area contributed by atoms with Gasteiger partial charge in [0, 0.05) is 19.6 Å². The summed E-state index contributed by atoms with van der Waals surface area (Å²) in [6.07, 6.45) is 7.48. The van der Waals surface area contributed by atoms with E-state index < -0.39 is 0 Å². The molecule has 0 bridgehead atoms. The SMILES string of the molecule is COc1ccc(C2/C=C\CN(CC3CC3)[C@@H](Cc3ccccc3)C(=O)N2Cc2ccc(F)cc2)cc1. The molecule has 4 nitrogen and oxygen atoms in total. The Balaban J connectivity index is 1.53. The second-order valence-corrected chi connectivity index (χ2v) is 9.84. The van der Waals surface area contributed by atoms with Crippen molar-refractivity contribution in [3.8, 4) is 5.75 Å². The molecule has 0 spiro atoms. The van der Waals surface area contributed by atoms with Gasteiger partial charge in [-0.05, 0) is 66.1 Å². The third-order valence-corrected chi connectivity index (χ3v) is 7.19. The summed E-state index contributed by atoms with van der Waals surface area (Å²) in [5.41, 5.74) is 3.09. The number of hydrogen-bond acceptors (Lipinski definition) is 3. The molecule has 1 aliphatic carbocycles. The molecule has 2 atom stereocenters. The summed E-state index contributed by atoms with van der Waals surface area (Å²) in [5, 5.41) is 0. The number of carbonyl (C=O) groups is 1. The zero-order valence-corrected chi connectivity index (χ0v) is 20.7. The molecule has 1 fully saturated rings. The summed E-state index contributed by atoms with van der Waals surface area (Å²) in [7, 11) is 1.65. The van der Waals surface area contributed by atoms with E-state index >= 15 is 0 Å². The fourth-order valence-corrected chi connectivity index (χ4v) is 4.98. The number of methoxy groups -OCH3 is 1. The molecule has 0 radical (unpaired) electrons. The Hall–Kier alpha value is -3.44. The minimum Gasteiger partial charge on any atom is -0.497 e. The van der Waals surface area contributed by atoms with Crippen LogP contribution >= 0.6 is 0 Å². The van der Waals surface area contributed by atoms with E-state index in [1.165, 1.54) is 25.0 Å². The number of carbonyl (C=O) groups excluding carboxylic acids is 1. The molecule has 36 heavy (non-hydrogen) atoms. The zero-order chi connectivity index (χ0) is 24.9. The van der Waals surface area contributed by atoms with E-state index in [-0.39, 0.29) is 23.8 Å². The normalized spacial score (nSPS) is 21.6. The van der Waals surface area contributed by atoms with Gasteiger partial charge in [-0.3, -0.25) is 9.69 Å². The van der Waals surface area contributed by atoms with Crippen molar-refractivity contribution >= 4 is 5.91 Å². The standard InChI is InChI=1S/C31H33FN2O2/c1-36-28-17-13-26(14-18-28)29-8-5-19-33(21-24-9-10-24)30(20-23-6-3-2-4-7-23)31(35)34(29)22-25-11-15-27(32)16-12-25/h2-8,11-18,24,29-30H,9-10,19-22H2,1H3/b8-5-/t29?,30-/m0/s1. The molecule has 0 aromatic heterocycles. The number of benzene rings is 3. The molecule has 2 aliphatic rings. The molecule has 186 valence electrons. The number of hydrogen-bond donors (Lipinski definition) is 0. The number of ether oxygens (including phenoxy) is 1. The Morgan fingerprint density at radius 1 is 0.917 bits per heavy atom. The van der Waals surface area contributed by atoms with Crippen LogP contribution in [0.25, 0.3) is 0 Å². The molecule has 3 aromatic carbocycles. The molecule has 1 amide bonds. The quantitative estimate of drug-likeness (QED) is 0.379. The lowest BCUT2D eigenvalue weighted by Gasteiger charge is -2.39. The summed E-state index contributed by atoms with van der Waals surface area (Å²) in [4.78, 5) is 18.8. The maximum Gasteiger partial charge on any atom is 0.241 e. The lowest BCUT2D eigenvalue weighted by atomic mass is 9.97. The van der Waals surface area contributed by atoms with Crippen molar-refractivity contribution in [3.05, 3.63) is 114 Å². The molecule has 1 saturated carbocycles. The van der Waals surface area contributed by atoms with E-state index in [2.05, 4.69) is 29.2 Å². The van der Waals surface area contributed by atoms with Gasteiger partial charge in [0.2, 0.25) is 5.91 Å². The maximum atomic E-state index is 14.4. The van der Waals surface area contributed by atoms with E-state index in [0.717, 1.165) is 35.5 Å². The van der Waals surface area contributed by atoms with Gasteiger partial charge in [-0.1, -0.05) is 66.7 Å². The second kappa shape index (κ2) is 11.1. The summed E-state index contributed by atoms with van der Waals surface area (Å²) in [6, 6.07) is 24.2. The van der Waals surface area contributed by atoms with Crippen molar-refractivity contribution in [1.29, 1.82) is 0 Å². The molecule has 0 N–H and O–H groups in total. The van der Waals surface area contributed by atoms with Crippen LogP contribution in [0.5, 0.6) is 5.75 Å². The third kappa shape index (κ3) is 5.85. The fraction of sp³-hybridized carbons (Fsp3) is 0.323. The van der Waals surface area contributed by atoms with Crippen molar-refractivity contribution in [2.45, 2.75) is 37.9 Å². The summed E-state index contributed by atoms with van der Waals surface area (Å²) < 4.78 is 19.0. The molecule has 1 unspecified atom stereocenters. The average molecular weight is 485 g/mol. The fourth-order valence-electron chi connectivity index (χ4n) is 4.98. The number of nitrogens with zero attached hydrogens (tertiary/aromatic N) is 2. The van der Waals surface area contributed by atoms with E-state index in [9.17, 15) is 9.18 Å². The first kappa shape index (κ1) is 24.3. The lowest BCUT2D eigenvalue weighted by Crippen LogP contribution is -2.52. The van der Waals surface area contributed by atoms with Crippen LogP contribution in [0.2, 0.25) is 0 Å². The van der Waals surface area contributed by atoms with Gasteiger partial charge in [0.05, 0.1) is 19.2 Å². The minimum absolute atomic E-state index is 0.106. The molecular weight excluding hydrogens is 451 g/mol. The van der Waals surface area contributed by atoms with E-state index in [4.69, 9.17) is 4.74 Å². The third-order valence-electron chi connectivity index (χ3n) is 7.19. The number of amides is 1. The van der Waals surface area contributed by atoms with Crippen LogP contribution in [0.3, 0.4) is 0 Å². The van der Waals surface area contributed by atoms with Gasteiger partial charge < -0.3 is 9.64 Å². The molecule has 5 heteroatoms. The maximum absolute atomic E-state index is 14.4. The summed E-state index contributed by atoms with van der Waals surface area (Å²) >= 11 is 0. The van der Waals surface area contributed by atoms with Gasteiger partial charge >= 0.3 is 0 Å². The first-order valence-corrected chi connectivity index (χ1v) is 12.7. The summed E-state index contributed by atoms with van der Waals surface area (Å²) in [6.45, 7) is 2.09. The van der Waals surface area contributed by atoms with E-state index in [1.54, 1.807) is 19.2 Å². The zero-order valence-electron chi connectivity index (χ0n) is 20.7. The Morgan fingerprint density at radius 3 is 2.31 bits per heavy atom. The van der Waals surface area contributed by atoms with Crippen LogP contribution in [0.4, 0.5) is 4.39 Å². The molecule has 3 aromatic rings. The van der Waals surface area contributed by atoms with Gasteiger partial charge in [-0.25, -0.2) is 4.39 Å². The highest BCUT2D eigenvalue weighted by Gasteiger charge is 2.37. The van der Waals surface area contributed by atoms with Gasteiger partial charge in [-0.15, -0.1) is 0 Å². The number of halogens is 1. The van der Waals surface area contributed by atoms with E-state index in [1.807, 2.05) is 47.4 Å². The topological polar surface area (TPSA) is 32.8 Å². The van der Waals surface area contributed by atoms with Gasteiger partial charge in [-0.2, -0.15) is 0 Å². The Bertz CT molecular complexity index is 1170. The highest BCUT2D eigenvalue weighted by atomic mass is 19.1. The van der Waals surface area contributed by atoms with Crippen molar-refractivity contribution in [2.75, 3.05) is 20.2 Å². The van der Waals surface area contributed by atoms with Gasteiger partial charge in [0.25, 0.3) is 0 Å². The minimum atomic E-state index is -0.276. The molecular formula is C31H33FN2O2. The highest BCUT2D eigenvalue weighted by molar-refractivity contribution is 5.83. The largest absolute Gasteiger partial charge is 0.497 e. The molecule has 1 aliphatic heterocycles. The average Bonchev–Trinajstić information content (AvgIpc) is 3.73. The van der Waals surface area contributed by atoms with Gasteiger partial charge in [0.15, 0.2) is 0 Å². The molecule has 0 saturated heterocycles. The summed E-state index contributed by atoms with van der Waals surface area (Å²) in [5.74, 6) is 1.28. The van der Waals surface area contributed by atoms with Gasteiger partial charge in [0.1, 0.15) is 11.6 Å². The second-order valence-electron chi connectivity index (χ2n) is 9.84. The van der Waals surface area contributed by atoms with Crippen LogP contribution in [-0.4, -0.2) is 41.9 Å². The smallest absolute Gasteiger partial charge is 0.241 e. The lowest BCUT2D eigenvalue weighted by molar-refractivity contribution is -0.139. The monoisotopic (exact) mass is 484 g/mol.